The number of aromatic amines is 2. The molecule has 0 unspecified atom stereocenters. The average Bonchev–Trinajstić information content (AvgIpc) is 3.47. The Morgan fingerprint density at radius 3 is 2.51 bits per heavy atom. The lowest BCUT2D eigenvalue weighted by molar-refractivity contribution is -0.149. The van der Waals surface area contributed by atoms with Gasteiger partial charge in [-0.3, -0.25) is 14.7 Å². The number of aliphatic hydroxyl groups is 1. The van der Waals surface area contributed by atoms with Crippen LogP contribution in [0, 0.1) is 5.92 Å². The van der Waals surface area contributed by atoms with E-state index in [-0.39, 0.29) is 16.4 Å². The highest BCUT2D eigenvalue weighted by molar-refractivity contribution is 7.90. The smallest absolute Gasteiger partial charge is 0.277 e. The van der Waals surface area contributed by atoms with Crippen LogP contribution in [0.25, 0.3) is 28.2 Å². The van der Waals surface area contributed by atoms with Gasteiger partial charge in [0, 0.05) is 30.5 Å². The zero-order chi connectivity index (χ0) is 27.9. The van der Waals surface area contributed by atoms with Crippen molar-refractivity contribution in [1.29, 1.82) is 0 Å². The summed E-state index contributed by atoms with van der Waals surface area (Å²) in [5.74, 6) is 0.389. The molecule has 1 fully saturated rings. The normalized spacial score (nSPS) is 15.2. The number of nitrogens with zero attached hydrogens (tertiary/aromatic N) is 3. The summed E-state index contributed by atoms with van der Waals surface area (Å²) < 4.78 is 25.8. The van der Waals surface area contributed by atoms with Gasteiger partial charge in [-0.25, -0.2) is 13.4 Å². The van der Waals surface area contributed by atoms with E-state index in [0.717, 1.165) is 36.6 Å². The molecule has 2 aromatic carbocycles. The average molecular weight is 552 g/mol. The number of carbonyl (C=O) groups is 1. The van der Waals surface area contributed by atoms with Crippen LogP contribution >= 0.6 is 0 Å². The first-order chi connectivity index (χ1) is 18.4. The number of H-pyrrole nitrogens is 2. The minimum absolute atomic E-state index is 0.173. The van der Waals surface area contributed by atoms with Crippen LogP contribution in [0.2, 0.25) is 0 Å². The lowest BCUT2D eigenvalue weighted by Crippen LogP contribution is -2.48. The zero-order valence-corrected chi connectivity index (χ0v) is 23.1. The van der Waals surface area contributed by atoms with Crippen molar-refractivity contribution in [1.82, 2.24) is 24.6 Å². The molecule has 4 aromatic rings. The van der Waals surface area contributed by atoms with Gasteiger partial charge >= 0.3 is 0 Å². The number of fused-ring (bicyclic) bond motifs is 1. The number of hydrogen-bond donors (Lipinski definition) is 3. The van der Waals surface area contributed by atoms with Crippen molar-refractivity contribution in [2.75, 3.05) is 19.3 Å². The number of aromatic nitrogens is 4. The molecule has 0 bridgehead atoms. The van der Waals surface area contributed by atoms with Crippen LogP contribution in [0.5, 0.6) is 0 Å². The van der Waals surface area contributed by atoms with E-state index >= 15 is 0 Å². The topological polar surface area (TPSA) is 141 Å². The number of piperidine rings is 1. The summed E-state index contributed by atoms with van der Waals surface area (Å²) >= 11 is 0. The first kappa shape index (κ1) is 26.9. The molecule has 3 heterocycles. The molecule has 206 valence electrons. The molecular weight excluding hydrogens is 518 g/mol. The van der Waals surface area contributed by atoms with Gasteiger partial charge in [0.15, 0.2) is 9.84 Å². The first-order valence-corrected chi connectivity index (χ1v) is 14.9. The molecule has 0 spiro atoms. The highest BCUT2D eigenvalue weighted by Gasteiger charge is 2.32. The van der Waals surface area contributed by atoms with E-state index < -0.39 is 15.4 Å². The molecule has 0 aliphatic carbocycles. The quantitative estimate of drug-likeness (QED) is 0.322. The lowest BCUT2D eigenvalue weighted by atomic mass is 9.89. The highest BCUT2D eigenvalue weighted by atomic mass is 32.2. The number of para-hydroxylation sites is 2. The Balaban J connectivity index is 1.46. The lowest BCUT2D eigenvalue weighted by Gasteiger charge is -2.35. The Morgan fingerprint density at radius 1 is 1.13 bits per heavy atom. The van der Waals surface area contributed by atoms with E-state index in [1.807, 2.05) is 24.3 Å². The largest absolute Gasteiger partial charge is 0.381 e. The van der Waals surface area contributed by atoms with Crippen LogP contribution in [-0.2, 0) is 21.1 Å². The van der Waals surface area contributed by atoms with Crippen molar-refractivity contribution in [2.45, 2.75) is 50.0 Å². The summed E-state index contributed by atoms with van der Waals surface area (Å²) in [6, 6.07) is 14.1. The summed E-state index contributed by atoms with van der Waals surface area (Å²) in [5, 5.41) is 13.2. The number of hydrogen-bond acceptors (Lipinski definition) is 6. The van der Waals surface area contributed by atoms with E-state index in [2.05, 4.69) is 15.1 Å². The molecule has 10 nitrogen and oxygen atoms in total. The molecule has 5 rings (SSSR count). The van der Waals surface area contributed by atoms with Gasteiger partial charge in [0.05, 0.1) is 21.6 Å². The molecule has 0 atom stereocenters. The minimum Gasteiger partial charge on any atom is -0.381 e. The Kier molecular flexibility index (Phi) is 6.98. The van der Waals surface area contributed by atoms with Crippen molar-refractivity contribution < 1.29 is 18.3 Å². The molecule has 1 saturated heterocycles. The fourth-order valence-corrected chi connectivity index (χ4v) is 5.85. The fourth-order valence-electron chi connectivity index (χ4n) is 5.18. The SMILES string of the molecule is CC(C)(O)C(=O)N1CCC(CCc2c(-c3cccc(S(C)(=O)=O)c3)[nH]n(-c3nc4ccccc4[nH]3)c2=O)CC1. The maximum absolute atomic E-state index is 13.7. The van der Waals surface area contributed by atoms with Crippen molar-refractivity contribution in [2.24, 2.45) is 5.92 Å². The van der Waals surface area contributed by atoms with Gasteiger partial charge in [0.1, 0.15) is 5.60 Å². The van der Waals surface area contributed by atoms with Gasteiger partial charge in [0.25, 0.3) is 11.5 Å². The molecular formula is C28H33N5O5S. The van der Waals surface area contributed by atoms with Crippen LogP contribution in [-0.4, -0.2) is 69.0 Å². The van der Waals surface area contributed by atoms with E-state index in [0.29, 0.717) is 48.2 Å². The second kappa shape index (κ2) is 10.1. The van der Waals surface area contributed by atoms with E-state index in [1.165, 1.54) is 24.6 Å². The standard InChI is InChI=1S/C28H33N5O5S/c1-28(2,36)26(35)32-15-13-18(14-16-32)11-12-21-24(19-7-6-8-20(17-19)39(3,37)38)31-33(25(21)34)27-29-22-9-4-5-10-23(22)30-27/h4-10,17-18,31,36H,11-16H2,1-3H3,(H,29,30). The van der Waals surface area contributed by atoms with Gasteiger partial charge in [-0.2, -0.15) is 4.68 Å². The molecule has 0 radical (unpaired) electrons. The maximum Gasteiger partial charge on any atom is 0.277 e. The third kappa shape index (κ3) is 5.55. The van der Waals surface area contributed by atoms with Gasteiger partial charge in [0.2, 0.25) is 5.95 Å². The van der Waals surface area contributed by atoms with Crippen LogP contribution in [0.3, 0.4) is 0 Å². The molecule has 1 aliphatic heterocycles. The number of nitrogens with one attached hydrogen (secondary N) is 2. The fraction of sp³-hybridized carbons (Fsp3) is 0.393. The second-order valence-corrected chi connectivity index (χ2v) is 12.8. The summed E-state index contributed by atoms with van der Waals surface area (Å²) in [6.45, 7) is 4.13. The number of carbonyl (C=O) groups excluding carboxylic acids is 1. The van der Waals surface area contributed by atoms with Crippen LogP contribution in [0.4, 0.5) is 0 Å². The summed E-state index contributed by atoms with van der Waals surface area (Å²) in [6.07, 6.45) is 3.93. The van der Waals surface area contributed by atoms with Crippen LogP contribution < -0.4 is 5.56 Å². The minimum atomic E-state index is -3.44. The molecule has 0 saturated carbocycles. The number of sulfone groups is 1. The third-order valence-corrected chi connectivity index (χ3v) is 8.46. The number of benzene rings is 2. The summed E-state index contributed by atoms with van der Waals surface area (Å²) in [5.41, 5.74) is 1.59. The van der Waals surface area contributed by atoms with E-state index in [9.17, 15) is 23.1 Å². The Hall–Kier alpha value is -3.70. The summed E-state index contributed by atoms with van der Waals surface area (Å²) in [4.78, 5) is 35.8. The monoisotopic (exact) mass is 551 g/mol. The molecule has 1 aliphatic rings. The maximum atomic E-state index is 13.7. The van der Waals surface area contributed by atoms with Gasteiger partial charge < -0.3 is 15.0 Å². The van der Waals surface area contributed by atoms with Gasteiger partial charge in [-0.1, -0.05) is 24.3 Å². The van der Waals surface area contributed by atoms with Gasteiger partial charge in [-0.05, 0) is 69.7 Å². The van der Waals surface area contributed by atoms with Crippen LogP contribution in [0.15, 0.2) is 58.2 Å². The molecule has 11 heteroatoms. The number of likely N-dealkylation sites (tertiary alicyclic amines) is 1. The van der Waals surface area contributed by atoms with Crippen molar-refractivity contribution in [3.63, 3.8) is 0 Å². The Bertz CT molecular complexity index is 1650. The molecule has 2 aromatic heterocycles. The molecule has 1 amide bonds. The Labute approximate surface area is 226 Å². The number of rotatable bonds is 7. The van der Waals surface area contributed by atoms with Crippen molar-refractivity contribution in [3.8, 4) is 17.2 Å². The summed E-state index contributed by atoms with van der Waals surface area (Å²) in [7, 11) is -3.44. The molecule has 39 heavy (non-hydrogen) atoms. The first-order valence-electron chi connectivity index (χ1n) is 13.0. The van der Waals surface area contributed by atoms with E-state index in [4.69, 9.17) is 0 Å². The predicted molar refractivity (Wildman–Crippen MR) is 149 cm³/mol. The Morgan fingerprint density at radius 2 is 1.85 bits per heavy atom. The van der Waals surface area contributed by atoms with Crippen molar-refractivity contribution >= 4 is 26.8 Å². The third-order valence-electron chi connectivity index (χ3n) is 7.35. The van der Waals surface area contributed by atoms with Crippen molar-refractivity contribution in [3.05, 3.63) is 64.4 Å². The zero-order valence-electron chi connectivity index (χ0n) is 22.3. The predicted octanol–water partition coefficient (Wildman–Crippen LogP) is 3.05. The van der Waals surface area contributed by atoms with Gasteiger partial charge in [-0.15, -0.1) is 0 Å². The number of imidazole rings is 1. The molecule has 3 N–H and O–H groups in total. The highest BCUT2D eigenvalue weighted by Crippen LogP contribution is 2.28. The number of amides is 1. The van der Waals surface area contributed by atoms with Crippen LogP contribution in [0.1, 0.15) is 38.7 Å². The second-order valence-electron chi connectivity index (χ2n) is 10.8. The van der Waals surface area contributed by atoms with E-state index in [1.54, 1.807) is 23.1 Å².